The molecule has 26 heavy (non-hydrogen) atoms. The molecule has 8 nitrogen and oxygen atoms in total. The van der Waals surface area contributed by atoms with Gasteiger partial charge in [0.05, 0.1) is 24.2 Å². The molecule has 0 atom stereocenters. The third kappa shape index (κ3) is 3.47. The van der Waals surface area contributed by atoms with E-state index < -0.39 is 0 Å². The van der Waals surface area contributed by atoms with E-state index >= 15 is 0 Å². The van der Waals surface area contributed by atoms with Crippen LogP contribution in [0.1, 0.15) is 6.42 Å². The van der Waals surface area contributed by atoms with Crippen LogP contribution in [0.25, 0.3) is 16.9 Å². The maximum absolute atomic E-state index is 6.33. The number of rotatable bonds is 6. The highest BCUT2D eigenvalue weighted by atomic mass is 16.5. The summed E-state index contributed by atoms with van der Waals surface area (Å²) in [7, 11) is 0. The minimum Gasteiger partial charge on any atom is -0.393 e. The Bertz CT molecular complexity index is 873. The summed E-state index contributed by atoms with van der Waals surface area (Å²) in [6.07, 6.45) is 4.29. The molecule has 0 bridgehead atoms. The molecule has 136 valence electrons. The Morgan fingerprint density at radius 1 is 1.12 bits per heavy atom. The monoisotopic (exact) mass is 353 g/mol. The molecule has 0 amide bonds. The molecule has 1 aliphatic heterocycles. The van der Waals surface area contributed by atoms with Gasteiger partial charge in [-0.3, -0.25) is 9.47 Å². The molecule has 3 aromatic rings. The Balaban J connectivity index is 1.44. The molecule has 4 rings (SSSR count). The van der Waals surface area contributed by atoms with Crippen LogP contribution in [0, 0.1) is 0 Å². The molecule has 0 aliphatic carbocycles. The van der Waals surface area contributed by atoms with Gasteiger partial charge in [-0.2, -0.15) is 0 Å². The fourth-order valence-electron chi connectivity index (χ4n) is 3.18. The number of fused-ring (bicyclic) bond motifs is 1. The van der Waals surface area contributed by atoms with E-state index in [-0.39, 0.29) is 0 Å². The number of ether oxygens (including phenoxy) is 1. The predicted molar refractivity (Wildman–Crippen MR) is 101 cm³/mol. The van der Waals surface area contributed by atoms with E-state index in [1.165, 1.54) is 6.33 Å². The van der Waals surface area contributed by atoms with Gasteiger partial charge in [0.25, 0.3) is 0 Å². The van der Waals surface area contributed by atoms with Gasteiger partial charge in [0.2, 0.25) is 0 Å². The van der Waals surface area contributed by atoms with Gasteiger partial charge in [-0.05, 0) is 25.1 Å². The molecular formula is C18H23N7O. The Kier molecular flexibility index (Phi) is 4.94. The Labute approximate surface area is 152 Å². The van der Waals surface area contributed by atoms with Crippen molar-refractivity contribution in [2.24, 2.45) is 0 Å². The standard InChI is InChI=1S/C18H23N7O/c19-16-17(20-6-3-7-24-8-10-26-11-9-24)21-12-22-18(16)25-13-23-14-4-1-2-5-15(14)25/h1-2,4-5,12-13H,3,6-11,19H2,(H,20,21,22). The van der Waals surface area contributed by atoms with Gasteiger partial charge in [0.15, 0.2) is 11.6 Å². The van der Waals surface area contributed by atoms with E-state index in [2.05, 4.69) is 25.2 Å². The first kappa shape index (κ1) is 16.7. The third-order valence-electron chi connectivity index (χ3n) is 4.59. The van der Waals surface area contributed by atoms with E-state index in [9.17, 15) is 0 Å². The van der Waals surface area contributed by atoms with Gasteiger partial charge >= 0.3 is 0 Å². The molecule has 3 N–H and O–H groups in total. The number of nitrogens with one attached hydrogen (secondary N) is 1. The molecule has 0 saturated carbocycles. The average Bonchev–Trinajstić information content (AvgIpc) is 3.11. The molecule has 0 spiro atoms. The van der Waals surface area contributed by atoms with Crippen molar-refractivity contribution in [2.45, 2.75) is 6.42 Å². The molecule has 3 heterocycles. The SMILES string of the molecule is Nc1c(NCCCN2CCOCC2)ncnc1-n1cnc2ccccc21. The minimum absolute atomic E-state index is 0.530. The molecule has 2 aromatic heterocycles. The van der Waals surface area contributed by atoms with Crippen LogP contribution < -0.4 is 11.1 Å². The normalized spacial score (nSPS) is 15.4. The number of anilines is 2. The van der Waals surface area contributed by atoms with Crippen molar-refractivity contribution in [1.82, 2.24) is 24.4 Å². The lowest BCUT2D eigenvalue weighted by molar-refractivity contribution is 0.0378. The van der Waals surface area contributed by atoms with Gasteiger partial charge in [0.1, 0.15) is 18.3 Å². The number of benzene rings is 1. The molecule has 1 saturated heterocycles. The lowest BCUT2D eigenvalue weighted by Crippen LogP contribution is -2.37. The lowest BCUT2D eigenvalue weighted by Gasteiger charge is -2.26. The van der Waals surface area contributed by atoms with Gasteiger partial charge in [-0.25, -0.2) is 15.0 Å². The number of nitrogen functional groups attached to an aromatic ring is 1. The number of aromatic nitrogens is 4. The molecular weight excluding hydrogens is 330 g/mol. The fraction of sp³-hybridized carbons (Fsp3) is 0.389. The van der Waals surface area contributed by atoms with Crippen LogP contribution in [-0.4, -0.2) is 63.8 Å². The summed E-state index contributed by atoms with van der Waals surface area (Å²) in [6, 6.07) is 7.90. The second-order valence-corrected chi connectivity index (χ2v) is 6.30. The quantitative estimate of drug-likeness (QED) is 0.649. The summed E-state index contributed by atoms with van der Waals surface area (Å²) < 4.78 is 7.27. The Morgan fingerprint density at radius 2 is 1.96 bits per heavy atom. The zero-order chi connectivity index (χ0) is 17.8. The molecule has 8 heteroatoms. The van der Waals surface area contributed by atoms with E-state index in [4.69, 9.17) is 10.5 Å². The highest BCUT2D eigenvalue weighted by Crippen LogP contribution is 2.24. The summed E-state index contributed by atoms with van der Waals surface area (Å²) in [5.74, 6) is 1.30. The summed E-state index contributed by atoms with van der Waals surface area (Å²) in [5, 5.41) is 3.34. The van der Waals surface area contributed by atoms with Crippen LogP contribution in [-0.2, 0) is 4.74 Å². The summed E-state index contributed by atoms with van der Waals surface area (Å²) >= 11 is 0. The second kappa shape index (κ2) is 7.67. The number of nitrogens with two attached hydrogens (primary N) is 1. The topological polar surface area (TPSA) is 94.1 Å². The Morgan fingerprint density at radius 3 is 2.85 bits per heavy atom. The Hall–Kier alpha value is -2.71. The predicted octanol–water partition coefficient (Wildman–Crippen LogP) is 1.53. The molecule has 1 aromatic carbocycles. The minimum atomic E-state index is 0.530. The first-order valence-electron chi connectivity index (χ1n) is 8.90. The maximum atomic E-state index is 6.33. The van der Waals surface area contributed by atoms with E-state index in [0.29, 0.717) is 17.3 Å². The largest absolute Gasteiger partial charge is 0.393 e. The molecule has 1 aliphatic rings. The third-order valence-corrected chi connectivity index (χ3v) is 4.59. The van der Waals surface area contributed by atoms with Crippen molar-refractivity contribution in [1.29, 1.82) is 0 Å². The highest BCUT2D eigenvalue weighted by Gasteiger charge is 2.13. The van der Waals surface area contributed by atoms with Crippen molar-refractivity contribution in [2.75, 3.05) is 50.4 Å². The number of imidazole rings is 1. The zero-order valence-electron chi connectivity index (χ0n) is 14.6. The number of nitrogens with zero attached hydrogens (tertiary/aromatic N) is 5. The number of hydrogen-bond donors (Lipinski definition) is 2. The molecule has 0 radical (unpaired) electrons. The maximum Gasteiger partial charge on any atom is 0.167 e. The van der Waals surface area contributed by atoms with Crippen LogP contribution in [0.3, 0.4) is 0 Å². The highest BCUT2D eigenvalue weighted by molar-refractivity contribution is 5.80. The van der Waals surface area contributed by atoms with Crippen LogP contribution in [0.2, 0.25) is 0 Å². The zero-order valence-corrected chi connectivity index (χ0v) is 14.6. The van der Waals surface area contributed by atoms with Crippen LogP contribution in [0.4, 0.5) is 11.5 Å². The van der Waals surface area contributed by atoms with Gasteiger partial charge in [-0.1, -0.05) is 12.1 Å². The van der Waals surface area contributed by atoms with Crippen LogP contribution >= 0.6 is 0 Å². The van der Waals surface area contributed by atoms with Crippen LogP contribution in [0.5, 0.6) is 0 Å². The number of hydrogen-bond acceptors (Lipinski definition) is 7. The summed E-state index contributed by atoms with van der Waals surface area (Å²) in [5.41, 5.74) is 8.73. The van der Waals surface area contributed by atoms with Gasteiger partial charge in [0, 0.05) is 19.6 Å². The van der Waals surface area contributed by atoms with Crippen molar-refractivity contribution in [3.05, 3.63) is 36.9 Å². The van der Waals surface area contributed by atoms with Crippen molar-refractivity contribution >= 4 is 22.5 Å². The molecule has 0 unspecified atom stereocenters. The lowest BCUT2D eigenvalue weighted by atomic mass is 10.3. The second-order valence-electron chi connectivity index (χ2n) is 6.30. The number of morpholine rings is 1. The van der Waals surface area contributed by atoms with Crippen molar-refractivity contribution in [3.63, 3.8) is 0 Å². The fourth-order valence-corrected chi connectivity index (χ4v) is 3.18. The van der Waals surface area contributed by atoms with E-state index in [0.717, 1.165) is 56.8 Å². The van der Waals surface area contributed by atoms with Crippen molar-refractivity contribution in [3.8, 4) is 5.82 Å². The summed E-state index contributed by atoms with van der Waals surface area (Å²) in [4.78, 5) is 15.5. The first-order valence-corrected chi connectivity index (χ1v) is 8.90. The number of para-hydroxylation sites is 2. The summed E-state index contributed by atoms with van der Waals surface area (Å²) in [6.45, 7) is 5.52. The van der Waals surface area contributed by atoms with Crippen LogP contribution in [0.15, 0.2) is 36.9 Å². The van der Waals surface area contributed by atoms with Crippen molar-refractivity contribution < 1.29 is 4.74 Å². The molecule has 1 fully saturated rings. The van der Waals surface area contributed by atoms with E-state index in [1.807, 2.05) is 28.8 Å². The first-order chi connectivity index (χ1) is 12.8. The van der Waals surface area contributed by atoms with Gasteiger partial charge < -0.3 is 15.8 Å². The smallest absolute Gasteiger partial charge is 0.167 e. The average molecular weight is 353 g/mol. The van der Waals surface area contributed by atoms with Gasteiger partial charge in [-0.15, -0.1) is 0 Å². The van der Waals surface area contributed by atoms with E-state index in [1.54, 1.807) is 6.33 Å².